The summed E-state index contributed by atoms with van der Waals surface area (Å²) in [4.78, 5) is 38.1. The molecule has 1 atom stereocenters. The number of carbonyl (C=O) groups is 3. The monoisotopic (exact) mass is 961 g/mol. The second kappa shape index (κ2) is 58.0. The number of hydrogen-bond acceptors (Lipinski definition) is 6. The first kappa shape index (κ1) is 66.4. The summed E-state index contributed by atoms with van der Waals surface area (Å²) < 4.78 is 16.9. The van der Waals surface area contributed by atoms with Gasteiger partial charge in [0.25, 0.3) is 0 Å². The van der Waals surface area contributed by atoms with Crippen molar-refractivity contribution in [3.63, 3.8) is 0 Å². The second-order valence-electron chi connectivity index (χ2n) is 21.3. The Kier molecular flexibility index (Phi) is 56.6. The predicted octanol–water partition coefficient (Wildman–Crippen LogP) is 20.7. The summed E-state index contributed by atoms with van der Waals surface area (Å²) in [6.07, 6.45) is 65.5. The molecule has 0 aromatic heterocycles. The molecular weight excluding hydrogens is 841 g/mol. The highest BCUT2D eigenvalue weighted by atomic mass is 16.6. The fraction of sp³-hybridized carbons (Fsp3) is 0.952. The van der Waals surface area contributed by atoms with E-state index >= 15 is 0 Å². The van der Waals surface area contributed by atoms with Gasteiger partial charge >= 0.3 is 17.9 Å². The van der Waals surface area contributed by atoms with Crippen molar-refractivity contribution in [3.8, 4) is 0 Å². The fourth-order valence-electron chi connectivity index (χ4n) is 9.68. The minimum absolute atomic E-state index is 0.0611. The van der Waals surface area contributed by atoms with Crippen LogP contribution in [0.25, 0.3) is 0 Å². The number of hydrogen-bond donors (Lipinski definition) is 0. The Morgan fingerprint density at radius 1 is 0.235 bits per heavy atom. The van der Waals surface area contributed by atoms with Gasteiger partial charge in [0.2, 0.25) is 0 Å². The summed E-state index contributed by atoms with van der Waals surface area (Å²) in [6.45, 7) is 6.70. The lowest BCUT2D eigenvalue weighted by atomic mass is 10.0. The third-order valence-corrected chi connectivity index (χ3v) is 14.4. The summed E-state index contributed by atoms with van der Waals surface area (Å²) in [7, 11) is 0. The molecule has 6 heteroatoms. The average Bonchev–Trinajstić information content (AvgIpc) is 3.34. The molecule has 0 aromatic carbocycles. The van der Waals surface area contributed by atoms with Crippen molar-refractivity contribution < 1.29 is 28.6 Å². The topological polar surface area (TPSA) is 78.9 Å². The molecule has 0 heterocycles. The third kappa shape index (κ3) is 55.3. The van der Waals surface area contributed by atoms with Crippen molar-refractivity contribution in [2.24, 2.45) is 0 Å². The maximum absolute atomic E-state index is 12.9. The van der Waals surface area contributed by atoms with Gasteiger partial charge in [-0.05, 0) is 19.3 Å². The summed E-state index contributed by atoms with van der Waals surface area (Å²) in [5.41, 5.74) is 0. The summed E-state index contributed by atoms with van der Waals surface area (Å²) in [5, 5.41) is 0. The van der Waals surface area contributed by atoms with Gasteiger partial charge in [-0.1, -0.05) is 323 Å². The molecule has 0 amide bonds. The molecule has 0 N–H and O–H groups in total. The Hall–Kier alpha value is -1.59. The Balaban J connectivity index is 4.15. The molecular formula is C62H120O6. The van der Waals surface area contributed by atoms with E-state index in [0.717, 1.165) is 57.8 Å². The molecule has 0 saturated heterocycles. The predicted molar refractivity (Wildman–Crippen MR) is 294 cm³/mol. The molecule has 68 heavy (non-hydrogen) atoms. The Morgan fingerprint density at radius 2 is 0.397 bits per heavy atom. The van der Waals surface area contributed by atoms with Crippen LogP contribution in [0.15, 0.2) is 0 Å². The molecule has 0 aromatic rings. The van der Waals surface area contributed by atoms with Gasteiger partial charge in [-0.25, -0.2) is 0 Å². The zero-order valence-corrected chi connectivity index (χ0v) is 46.4. The van der Waals surface area contributed by atoms with Crippen LogP contribution in [0, 0.1) is 0 Å². The number of rotatable bonds is 58. The van der Waals surface area contributed by atoms with Crippen LogP contribution in [0.1, 0.15) is 361 Å². The van der Waals surface area contributed by atoms with Crippen LogP contribution >= 0.6 is 0 Å². The Morgan fingerprint density at radius 3 is 0.588 bits per heavy atom. The van der Waals surface area contributed by atoms with Crippen molar-refractivity contribution in [2.75, 3.05) is 13.2 Å². The molecule has 1 unspecified atom stereocenters. The van der Waals surface area contributed by atoms with E-state index in [-0.39, 0.29) is 31.1 Å². The Bertz CT molecular complexity index is 1010. The van der Waals surface area contributed by atoms with Crippen LogP contribution in [0.4, 0.5) is 0 Å². The van der Waals surface area contributed by atoms with Crippen LogP contribution < -0.4 is 0 Å². The summed E-state index contributed by atoms with van der Waals surface area (Å²) in [5.74, 6) is -0.833. The van der Waals surface area contributed by atoms with Gasteiger partial charge in [0.15, 0.2) is 6.10 Å². The zero-order valence-electron chi connectivity index (χ0n) is 46.4. The van der Waals surface area contributed by atoms with E-state index in [4.69, 9.17) is 14.2 Å². The largest absolute Gasteiger partial charge is 0.462 e. The van der Waals surface area contributed by atoms with Crippen LogP contribution in [0.3, 0.4) is 0 Å². The van der Waals surface area contributed by atoms with E-state index in [2.05, 4.69) is 20.8 Å². The molecule has 0 fully saturated rings. The molecule has 0 aliphatic heterocycles. The van der Waals surface area contributed by atoms with Crippen molar-refractivity contribution in [3.05, 3.63) is 0 Å². The molecule has 6 nitrogen and oxygen atoms in total. The molecule has 0 aliphatic rings. The molecule has 404 valence electrons. The summed E-state index contributed by atoms with van der Waals surface area (Å²) >= 11 is 0. The third-order valence-electron chi connectivity index (χ3n) is 14.4. The first-order chi connectivity index (χ1) is 33.5. The maximum atomic E-state index is 12.9. The number of ether oxygens (including phenoxy) is 3. The van der Waals surface area contributed by atoms with Crippen molar-refractivity contribution in [1.82, 2.24) is 0 Å². The van der Waals surface area contributed by atoms with Crippen LogP contribution in [0.2, 0.25) is 0 Å². The SMILES string of the molecule is CCCCCCCCCCCCCCCCCCCCCCCC(=O)OCC(COC(=O)CCCCCCCCCCC)OC(=O)CCCCCCCCCCCCCCCCCCCCCC. The van der Waals surface area contributed by atoms with Crippen LogP contribution in [-0.2, 0) is 28.6 Å². The zero-order chi connectivity index (χ0) is 49.3. The van der Waals surface area contributed by atoms with E-state index in [1.54, 1.807) is 0 Å². The normalized spacial score (nSPS) is 11.9. The van der Waals surface area contributed by atoms with E-state index in [1.807, 2.05) is 0 Å². The smallest absolute Gasteiger partial charge is 0.306 e. The second-order valence-corrected chi connectivity index (χ2v) is 21.3. The van der Waals surface area contributed by atoms with Gasteiger partial charge in [-0.3, -0.25) is 14.4 Å². The quantitative estimate of drug-likeness (QED) is 0.0343. The lowest BCUT2D eigenvalue weighted by molar-refractivity contribution is -0.167. The highest BCUT2D eigenvalue weighted by Crippen LogP contribution is 2.18. The minimum Gasteiger partial charge on any atom is -0.462 e. The number of esters is 3. The standard InChI is InChI=1S/C62H120O6/c1-4-7-10-13-16-19-21-23-25-27-29-31-33-34-36-38-40-43-46-49-52-55-61(64)67-58-59(57-66-60(63)54-51-48-45-42-18-15-12-9-6-3)68-62(65)56-53-50-47-44-41-39-37-35-32-30-28-26-24-22-20-17-14-11-8-5-2/h59H,4-58H2,1-3H3. The minimum atomic E-state index is -0.761. The van der Waals surface area contributed by atoms with Gasteiger partial charge < -0.3 is 14.2 Å². The van der Waals surface area contributed by atoms with Crippen LogP contribution in [0.5, 0.6) is 0 Å². The highest BCUT2D eigenvalue weighted by Gasteiger charge is 2.19. The average molecular weight is 962 g/mol. The molecule has 0 rings (SSSR count). The lowest BCUT2D eigenvalue weighted by Crippen LogP contribution is -2.30. The van der Waals surface area contributed by atoms with Gasteiger partial charge in [-0.15, -0.1) is 0 Å². The van der Waals surface area contributed by atoms with E-state index < -0.39 is 6.10 Å². The molecule has 0 spiro atoms. The first-order valence-corrected chi connectivity index (χ1v) is 31.0. The highest BCUT2D eigenvalue weighted by molar-refractivity contribution is 5.71. The van der Waals surface area contributed by atoms with E-state index in [1.165, 1.54) is 263 Å². The van der Waals surface area contributed by atoms with Gasteiger partial charge in [0.1, 0.15) is 13.2 Å². The molecule has 0 aliphatic carbocycles. The van der Waals surface area contributed by atoms with Gasteiger partial charge in [-0.2, -0.15) is 0 Å². The number of unbranched alkanes of at least 4 members (excludes halogenated alkanes) is 47. The maximum Gasteiger partial charge on any atom is 0.306 e. The Labute approximate surface area is 425 Å². The van der Waals surface area contributed by atoms with E-state index in [9.17, 15) is 14.4 Å². The van der Waals surface area contributed by atoms with E-state index in [0.29, 0.717) is 19.3 Å². The summed E-state index contributed by atoms with van der Waals surface area (Å²) in [6, 6.07) is 0. The van der Waals surface area contributed by atoms with Gasteiger partial charge in [0, 0.05) is 19.3 Å². The molecule has 0 radical (unpaired) electrons. The van der Waals surface area contributed by atoms with Crippen molar-refractivity contribution >= 4 is 17.9 Å². The first-order valence-electron chi connectivity index (χ1n) is 31.0. The number of carbonyl (C=O) groups excluding carboxylic acids is 3. The fourth-order valence-corrected chi connectivity index (χ4v) is 9.68. The van der Waals surface area contributed by atoms with Crippen molar-refractivity contribution in [2.45, 2.75) is 367 Å². The van der Waals surface area contributed by atoms with Gasteiger partial charge in [0.05, 0.1) is 0 Å². The van der Waals surface area contributed by atoms with Crippen molar-refractivity contribution in [1.29, 1.82) is 0 Å². The lowest BCUT2D eigenvalue weighted by Gasteiger charge is -2.18. The van der Waals surface area contributed by atoms with Crippen LogP contribution in [-0.4, -0.2) is 37.2 Å². The molecule has 0 bridgehead atoms. The molecule has 0 saturated carbocycles.